The van der Waals surface area contributed by atoms with Crippen molar-refractivity contribution in [3.8, 4) is 0 Å². The Morgan fingerprint density at radius 1 is 0.857 bits per heavy atom. The molecule has 3 aromatic carbocycles. The monoisotopic (exact) mass is 274 g/mol. The molecule has 1 heterocycles. The maximum absolute atomic E-state index is 2.34. The van der Waals surface area contributed by atoms with Gasteiger partial charge >= 0.3 is 0 Å². The Labute approximate surface area is 124 Å². The van der Waals surface area contributed by atoms with Crippen LogP contribution in [0, 0.1) is 0 Å². The Morgan fingerprint density at radius 3 is 2.38 bits per heavy atom. The highest BCUT2D eigenvalue weighted by atomic mass is 15.3. The van der Waals surface area contributed by atoms with Gasteiger partial charge in [0, 0.05) is 26.0 Å². The lowest BCUT2D eigenvalue weighted by molar-refractivity contribution is 0.291. The number of nitrogens with zero attached hydrogens (tertiary/aromatic N) is 2. The van der Waals surface area contributed by atoms with E-state index >= 15 is 0 Å². The number of fused-ring (bicyclic) bond motifs is 2. The summed E-state index contributed by atoms with van der Waals surface area (Å²) >= 11 is 0. The van der Waals surface area contributed by atoms with Crippen molar-refractivity contribution in [1.82, 2.24) is 9.80 Å². The van der Waals surface area contributed by atoms with Crippen molar-refractivity contribution in [2.75, 3.05) is 13.7 Å². The van der Waals surface area contributed by atoms with Gasteiger partial charge in [-0.05, 0) is 39.2 Å². The average Bonchev–Trinajstić information content (AvgIpc) is 2.91. The molecule has 2 heteroatoms. The quantitative estimate of drug-likeness (QED) is 0.647. The fraction of sp³-hybridized carbons (Fsp3) is 0.158. The van der Waals surface area contributed by atoms with Crippen LogP contribution in [0.25, 0.3) is 21.5 Å². The number of benzene rings is 3. The molecule has 2 nitrogen and oxygen atoms in total. The van der Waals surface area contributed by atoms with Crippen molar-refractivity contribution < 1.29 is 0 Å². The molecule has 4 rings (SSSR count). The first-order valence-electron chi connectivity index (χ1n) is 7.33. The van der Waals surface area contributed by atoms with Crippen molar-refractivity contribution in [2.24, 2.45) is 0 Å². The van der Waals surface area contributed by atoms with Gasteiger partial charge < -0.3 is 9.80 Å². The van der Waals surface area contributed by atoms with Gasteiger partial charge in [-0.15, -0.1) is 0 Å². The molecule has 0 aliphatic carbocycles. The van der Waals surface area contributed by atoms with Gasteiger partial charge in [0.1, 0.15) is 0 Å². The van der Waals surface area contributed by atoms with Crippen LogP contribution in [0.2, 0.25) is 0 Å². The standard InChI is InChI=1S/C19H18N2/c1-20-9-10-21(14-20)13-18-8-4-7-17-11-15-5-2-3-6-16(15)12-19(17)18/h2-12H,13-14H2,1H3. The van der Waals surface area contributed by atoms with Crippen molar-refractivity contribution in [2.45, 2.75) is 6.54 Å². The third kappa shape index (κ3) is 2.23. The third-order valence-electron chi connectivity index (χ3n) is 4.15. The summed E-state index contributed by atoms with van der Waals surface area (Å²) in [5.74, 6) is 0. The summed E-state index contributed by atoms with van der Waals surface area (Å²) in [5, 5.41) is 5.30. The highest BCUT2D eigenvalue weighted by molar-refractivity contribution is 5.99. The zero-order chi connectivity index (χ0) is 14.2. The van der Waals surface area contributed by atoms with Gasteiger partial charge in [0.25, 0.3) is 0 Å². The lowest BCUT2D eigenvalue weighted by atomic mass is 9.99. The van der Waals surface area contributed by atoms with Crippen molar-refractivity contribution in [1.29, 1.82) is 0 Å². The molecule has 0 spiro atoms. The summed E-state index contributed by atoms with van der Waals surface area (Å²) in [6, 6.07) is 19.8. The maximum atomic E-state index is 2.34. The highest BCUT2D eigenvalue weighted by Crippen LogP contribution is 2.26. The maximum Gasteiger partial charge on any atom is 0.0894 e. The van der Waals surface area contributed by atoms with E-state index < -0.39 is 0 Å². The van der Waals surface area contributed by atoms with Gasteiger partial charge in [-0.1, -0.05) is 42.5 Å². The van der Waals surface area contributed by atoms with Gasteiger partial charge in [-0.2, -0.15) is 0 Å². The van der Waals surface area contributed by atoms with E-state index in [0.29, 0.717) is 0 Å². The van der Waals surface area contributed by atoms with E-state index in [1.807, 2.05) is 0 Å². The first kappa shape index (κ1) is 12.3. The summed E-state index contributed by atoms with van der Waals surface area (Å²) in [7, 11) is 2.10. The van der Waals surface area contributed by atoms with Gasteiger partial charge in [0.05, 0.1) is 6.67 Å². The largest absolute Gasteiger partial charge is 0.362 e. The topological polar surface area (TPSA) is 6.48 Å². The smallest absolute Gasteiger partial charge is 0.0894 e. The molecule has 1 aliphatic heterocycles. The Kier molecular flexibility index (Phi) is 2.81. The Morgan fingerprint density at radius 2 is 1.62 bits per heavy atom. The molecule has 1 aliphatic rings. The summed E-state index contributed by atoms with van der Waals surface area (Å²) < 4.78 is 0. The molecule has 0 atom stereocenters. The van der Waals surface area contributed by atoms with Crippen LogP contribution in [-0.2, 0) is 6.54 Å². The average molecular weight is 274 g/mol. The van der Waals surface area contributed by atoms with Crippen LogP contribution in [-0.4, -0.2) is 23.5 Å². The molecule has 0 unspecified atom stereocenters. The minimum absolute atomic E-state index is 0.955. The van der Waals surface area contributed by atoms with Crippen LogP contribution in [0.3, 0.4) is 0 Å². The molecule has 0 amide bonds. The van der Waals surface area contributed by atoms with Crippen LogP contribution in [0.5, 0.6) is 0 Å². The van der Waals surface area contributed by atoms with E-state index in [-0.39, 0.29) is 0 Å². The molecule has 0 aromatic heterocycles. The van der Waals surface area contributed by atoms with E-state index in [1.54, 1.807) is 0 Å². The Balaban J connectivity index is 1.81. The van der Waals surface area contributed by atoms with E-state index in [0.717, 1.165) is 13.2 Å². The van der Waals surface area contributed by atoms with Gasteiger partial charge in [-0.3, -0.25) is 0 Å². The summed E-state index contributed by atoms with van der Waals surface area (Å²) in [4.78, 5) is 4.53. The molecular weight excluding hydrogens is 256 g/mol. The first-order valence-corrected chi connectivity index (χ1v) is 7.33. The molecule has 0 fully saturated rings. The molecule has 21 heavy (non-hydrogen) atoms. The number of hydrogen-bond donors (Lipinski definition) is 0. The summed E-state index contributed by atoms with van der Waals surface area (Å²) in [6.07, 6.45) is 4.29. The fourth-order valence-corrected chi connectivity index (χ4v) is 3.08. The lowest BCUT2D eigenvalue weighted by Crippen LogP contribution is -2.21. The van der Waals surface area contributed by atoms with E-state index in [1.165, 1.54) is 27.1 Å². The highest BCUT2D eigenvalue weighted by Gasteiger charge is 2.11. The second-order valence-corrected chi connectivity index (χ2v) is 5.78. The van der Waals surface area contributed by atoms with Crippen LogP contribution < -0.4 is 0 Å². The SMILES string of the molecule is CN1C=CN(Cc2cccc3cc4ccccc4cc23)C1. The van der Waals surface area contributed by atoms with Gasteiger partial charge in [-0.25, -0.2) is 0 Å². The Hall–Kier alpha value is -2.48. The number of rotatable bonds is 2. The zero-order valence-electron chi connectivity index (χ0n) is 12.2. The minimum Gasteiger partial charge on any atom is -0.362 e. The van der Waals surface area contributed by atoms with Crippen LogP contribution in [0.15, 0.2) is 67.0 Å². The van der Waals surface area contributed by atoms with Gasteiger partial charge in [0.2, 0.25) is 0 Å². The Bertz CT molecular complexity index is 835. The third-order valence-corrected chi connectivity index (χ3v) is 4.15. The zero-order valence-corrected chi connectivity index (χ0v) is 12.2. The summed E-state index contributed by atoms with van der Waals surface area (Å²) in [6.45, 7) is 1.92. The van der Waals surface area contributed by atoms with Crippen molar-refractivity contribution in [3.63, 3.8) is 0 Å². The normalized spacial score (nSPS) is 14.5. The molecule has 0 N–H and O–H groups in total. The molecule has 0 saturated heterocycles. The second kappa shape index (κ2) is 4.81. The number of hydrogen-bond acceptors (Lipinski definition) is 2. The van der Waals surface area contributed by atoms with Crippen LogP contribution in [0.4, 0.5) is 0 Å². The fourth-order valence-electron chi connectivity index (χ4n) is 3.08. The predicted molar refractivity (Wildman–Crippen MR) is 88.8 cm³/mol. The first-order chi connectivity index (χ1) is 10.3. The minimum atomic E-state index is 0.955. The van der Waals surface area contributed by atoms with Gasteiger partial charge in [0.15, 0.2) is 0 Å². The molecule has 104 valence electrons. The molecule has 3 aromatic rings. The van der Waals surface area contributed by atoms with Crippen molar-refractivity contribution >= 4 is 21.5 Å². The predicted octanol–water partition coefficient (Wildman–Crippen LogP) is 4.17. The lowest BCUT2D eigenvalue weighted by Gasteiger charge is -2.19. The summed E-state index contributed by atoms with van der Waals surface area (Å²) in [5.41, 5.74) is 1.39. The van der Waals surface area contributed by atoms with Crippen molar-refractivity contribution in [3.05, 3.63) is 72.6 Å². The molecule has 0 bridgehead atoms. The van der Waals surface area contributed by atoms with E-state index in [2.05, 4.69) is 83.8 Å². The molecular formula is C19H18N2. The van der Waals surface area contributed by atoms with Crippen LogP contribution in [0.1, 0.15) is 5.56 Å². The second-order valence-electron chi connectivity index (χ2n) is 5.78. The van der Waals surface area contributed by atoms with Crippen LogP contribution >= 0.6 is 0 Å². The molecule has 0 saturated carbocycles. The molecule has 0 radical (unpaired) electrons. The van der Waals surface area contributed by atoms with E-state index in [4.69, 9.17) is 0 Å². The van der Waals surface area contributed by atoms with E-state index in [9.17, 15) is 0 Å².